The first-order chi connectivity index (χ1) is 14.5. The van der Waals surface area contributed by atoms with E-state index in [0.717, 1.165) is 30.8 Å². The van der Waals surface area contributed by atoms with Crippen LogP contribution in [-0.4, -0.2) is 41.8 Å². The van der Waals surface area contributed by atoms with Crippen molar-refractivity contribution in [3.05, 3.63) is 69.8 Å². The monoisotopic (exact) mass is 407 g/mol. The lowest BCUT2D eigenvalue weighted by molar-refractivity contribution is 0.0857. The lowest BCUT2D eigenvalue weighted by atomic mass is 10.1. The van der Waals surface area contributed by atoms with Crippen molar-refractivity contribution in [1.29, 1.82) is 0 Å². The third kappa shape index (κ3) is 4.21. The van der Waals surface area contributed by atoms with E-state index in [0.29, 0.717) is 35.2 Å². The van der Waals surface area contributed by atoms with Crippen LogP contribution in [0.15, 0.2) is 47.4 Å². The molecule has 0 radical (unpaired) electrons. The largest absolute Gasteiger partial charge is 0.497 e. The van der Waals surface area contributed by atoms with Crippen molar-refractivity contribution in [2.75, 3.05) is 20.3 Å². The van der Waals surface area contributed by atoms with Crippen LogP contribution in [0.25, 0.3) is 10.9 Å². The summed E-state index contributed by atoms with van der Waals surface area (Å²) in [6.45, 7) is 3.41. The van der Waals surface area contributed by atoms with E-state index in [1.807, 2.05) is 24.3 Å². The van der Waals surface area contributed by atoms with Crippen molar-refractivity contribution < 1.29 is 14.3 Å². The summed E-state index contributed by atoms with van der Waals surface area (Å²) < 4.78 is 12.4. The summed E-state index contributed by atoms with van der Waals surface area (Å²) in [7, 11) is 1.62. The highest BCUT2D eigenvalue weighted by Crippen LogP contribution is 2.16. The number of hydrogen-bond donors (Lipinski definition) is 1. The molecule has 0 aliphatic carbocycles. The molecule has 30 heavy (non-hydrogen) atoms. The zero-order chi connectivity index (χ0) is 21.1. The topological polar surface area (TPSA) is 82.5 Å². The molecule has 0 unspecified atom stereocenters. The Kier molecular flexibility index (Phi) is 5.81. The number of fused-ring (bicyclic) bond motifs is 1. The molecule has 156 valence electrons. The third-order valence-electron chi connectivity index (χ3n) is 5.42. The van der Waals surface area contributed by atoms with Crippen LogP contribution in [0.1, 0.15) is 34.5 Å². The van der Waals surface area contributed by atoms with Gasteiger partial charge in [0.25, 0.3) is 11.5 Å². The fourth-order valence-electron chi connectivity index (χ4n) is 3.69. The Balaban J connectivity index is 1.60. The van der Waals surface area contributed by atoms with E-state index in [4.69, 9.17) is 9.47 Å². The Morgan fingerprint density at radius 3 is 2.80 bits per heavy atom. The highest BCUT2D eigenvalue weighted by atomic mass is 16.5. The van der Waals surface area contributed by atoms with Crippen LogP contribution in [0.3, 0.4) is 0 Å². The summed E-state index contributed by atoms with van der Waals surface area (Å²) in [5, 5.41) is 3.34. The van der Waals surface area contributed by atoms with Crippen molar-refractivity contribution in [3.63, 3.8) is 0 Å². The molecule has 1 atom stereocenters. The van der Waals surface area contributed by atoms with Gasteiger partial charge in [0.1, 0.15) is 5.75 Å². The maximum atomic E-state index is 13.1. The number of methoxy groups -OCH3 is 1. The Morgan fingerprint density at radius 2 is 2.10 bits per heavy atom. The first-order valence-electron chi connectivity index (χ1n) is 10.1. The van der Waals surface area contributed by atoms with Gasteiger partial charge in [0.05, 0.1) is 41.9 Å². The minimum atomic E-state index is -0.234. The summed E-state index contributed by atoms with van der Waals surface area (Å²) in [5.41, 5.74) is 2.40. The summed E-state index contributed by atoms with van der Waals surface area (Å²) in [6.07, 6.45) is 3.76. The van der Waals surface area contributed by atoms with Gasteiger partial charge in [0, 0.05) is 19.3 Å². The molecule has 1 fully saturated rings. The van der Waals surface area contributed by atoms with Gasteiger partial charge in [-0.15, -0.1) is 0 Å². The van der Waals surface area contributed by atoms with E-state index in [9.17, 15) is 9.59 Å². The molecule has 1 aliphatic rings. The number of nitrogens with zero attached hydrogens (tertiary/aromatic N) is 2. The van der Waals surface area contributed by atoms with Crippen LogP contribution >= 0.6 is 0 Å². The number of pyridine rings is 2. The van der Waals surface area contributed by atoms with Crippen molar-refractivity contribution >= 4 is 16.8 Å². The van der Waals surface area contributed by atoms with Gasteiger partial charge in [-0.2, -0.15) is 0 Å². The van der Waals surface area contributed by atoms with E-state index >= 15 is 0 Å². The number of carbonyl (C=O) groups is 1. The third-order valence-corrected chi connectivity index (χ3v) is 5.42. The van der Waals surface area contributed by atoms with E-state index in [2.05, 4.69) is 10.3 Å². The van der Waals surface area contributed by atoms with Crippen molar-refractivity contribution in [2.45, 2.75) is 32.4 Å². The van der Waals surface area contributed by atoms with Crippen LogP contribution in [0.5, 0.6) is 5.75 Å². The van der Waals surface area contributed by atoms with Gasteiger partial charge < -0.3 is 19.4 Å². The molecular weight excluding hydrogens is 382 g/mol. The number of amides is 1. The number of aromatic nitrogens is 2. The molecular formula is C23H25N3O4. The van der Waals surface area contributed by atoms with Gasteiger partial charge in [-0.1, -0.05) is 12.1 Å². The van der Waals surface area contributed by atoms with E-state index < -0.39 is 0 Å². The SMILES string of the molecule is COc1ccc(Cn2ccc3nc(C)c(C(=O)NC[C@H]4CCCO4)cc3c2=O)cc1. The molecule has 1 amide bonds. The summed E-state index contributed by atoms with van der Waals surface area (Å²) in [6, 6.07) is 11.0. The van der Waals surface area contributed by atoms with Gasteiger partial charge in [-0.3, -0.25) is 14.6 Å². The average molecular weight is 407 g/mol. The van der Waals surface area contributed by atoms with E-state index in [1.54, 1.807) is 36.9 Å². The van der Waals surface area contributed by atoms with Crippen LogP contribution in [-0.2, 0) is 11.3 Å². The number of nitrogens with one attached hydrogen (secondary N) is 1. The molecule has 7 heteroatoms. The molecule has 0 spiro atoms. The molecule has 3 heterocycles. The Morgan fingerprint density at radius 1 is 1.30 bits per heavy atom. The molecule has 1 aliphatic heterocycles. The Bertz CT molecular complexity index is 1120. The van der Waals surface area contributed by atoms with Crippen LogP contribution < -0.4 is 15.6 Å². The second-order valence-corrected chi connectivity index (χ2v) is 7.50. The molecule has 7 nitrogen and oxygen atoms in total. The highest BCUT2D eigenvalue weighted by Gasteiger charge is 2.19. The predicted molar refractivity (Wildman–Crippen MR) is 114 cm³/mol. The molecule has 1 N–H and O–H groups in total. The van der Waals surface area contributed by atoms with Crippen molar-refractivity contribution in [1.82, 2.24) is 14.9 Å². The molecule has 0 bridgehead atoms. The van der Waals surface area contributed by atoms with Crippen molar-refractivity contribution in [3.8, 4) is 5.75 Å². The molecule has 1 aromatic carbocycles. The zero-order valence-electron chi connectivity index (χ0n) is 17.2. The molecule has 4 rings (SSSR count). The summed E-state index contributed by atoms with van der Waals surface area (Å²) in [4.78, 5) is 30.2. The summed E-state index contributed by atoms with van der Waals surface area (Å²) in [5.74, 6) is 0.533. The number of hydrogen-bond acceptors (Lipinski definition) is 5. The molecule has 2 aromatic heterocycles. The fraction of sp³-hybridized carbons (Fsp3) is 0.348. The van der Waals surface area contributed by atoms with E-state index in [-0.39, 0.29) is 17.6 Å². The summed E-state index contributed by atoms with van der Waals surface area (Å²) >= 11 is 0. The number of rotatable bonds is 6. The number of carbonyl (C=O) groups excluding carboxylic acids is 1. The lowest BCUT2D eigenvalue weighted by Gasteiger charge is -2.13. The van der Waals surface area contributed by atoms with Crippen LogP contribution in [0.2, 0.25) is 0 Å². The van der Waals surface area contributed by atoms with Crippen molar-refractivity contribution in [2.24, 2.45) is 0 Å². The highest BCUT2D eigenvalue weighted by molar-refractivity contribution is 5.98. The van der Waals surface area contributed by atoms with Gasteiger partial charge in [0.2, 0.25) is 0 Å². The quantitative estimate of drug-likeness (QED) is 0.679. The van der Waals surface area contributed by atoms with Gasteiger partial charge in [-0.25, -0.2) is 0 Å². The Labute approximate surface area is 174 Å². The predicted octanol–water partition coefficient (Wildman–Crippen LogP) is 2.67. The standard InChI is InChI=1S/C23H25N3O4/c1-15-19(22(27)24-13-18-4-3-11-30-18)12-20-21(25-15)9-10-26(23(20)28)14-16-5-7-17(29-2)8-6-16/h5-10,12,18H,3-4,11,13-14H2,1-2H3,(H,24,27)/t18-/m1/s1. The maximum Gasteiger partial charge on any atom is 0.260 e. The van der Waals surface area contributed by atoms with Gasteiger partial charge in [0.15, 0.2) is 0 Å². The number of ether oxygens (including phenoxy) is 2. The normalized spacial score (nSPS) is 16.0. The Hall–Kier alpha value is -3.19. The minimum Gasteiger partial charge on any atom is -0.497 e. The first kappa shape index (κ1) is 20.1. The minimum absolute atomic E-state index is 0.0596. The average Bonchev–Trinajstić information content (AvgIpc) is 3.28. The molecule has 3 aromatic rings. The zero-order valence-corrected chi connectivity index (χ0v) is 17.2. The first-order valence-corrected chi connectivity index (χ1v) is 10.1. The van der Waals surface area contributed by atoms with Crippen LogP contribution in [0.4, 0.5) is 0 Å². The second-order valence-electron chi connectivity index (χ2n) is 7.50. The smallest absolute Gasteiger partial charge is 0.260 e. The fourth-order valence-corrected chi connectivity index (χ4v) is 3.69. The van der Waals surface area contributed by atoms with Crippen LogP contribution in [0, 0.1) is 6.92 Å². The number of benzene rings is 1. The van der Waals surface area contributed by atoms with Gasteiger partial charge in [-0.05, 0) is 49.6 Å². The van der Waals surface area contributed by atoms with E-state index in [1.165, 1.54) is 0 Å². The second kappa shape index (κ2) is 8.67. The molecule has 0 saturated carbocycles. The van der Waals surface area contributed by atoms with Gasteiger partial charge >= 0.3 is 0 Å². The maximum absolute atomic E-state index is 13.1. The number of aryl methyl sites for hydroxylation is 1. The lowest BCUT2D eigenvalue weighted by Crippen LogP contribution is -2.32. The molecule has 1 saturated heterocycles.